The molecule has 0 unspecified atom stereocenters. The van der Waals surface area contributed by atoms with Crippen molar-refractivity contribution in [3.63, 3.8) is 0 Å². The summed E-state index contributed by atoms with van der Waals surface area (Å²) in [6.07, 6.45) is 5.76. The van der Waals surface area contributed by atoms with Gasteiger partial charge in [-0.3, -0.25) is 0 Å². The van der Waals surface area contributed by atoms with Gasteiger partial charge in [-0.05, 0) is 37.5 Å². The lowest BCUT2D eigenvalue weighted by atomic mass is 9.96. The van der Waals surface area contributed by atoms with Gasteiger partial charge in [-0.25, -0.2) is 0 Å². The van der Waals surface area contributed by atoms with Crippen molar-refractivity contribution >= 4 is 0 Å². The van der Waals surface area contributed by atoms with E-state index in [1.807, 2.05) is 0 Å². The zero-order valence-corrected chi connectivity index (χ0v) is 5.19. The number of hydrogen-bond donors (Lipinski definition) is 0. The molecule has 0 spiro atoms. The number of fused-ring (bicyclic) bond motifs is 2. The van der Waals surface area contributed by atoms with E-state index in [9.17, 15) is 0 Å². The highest BCUT2D eigenvalue weighted by molar-refractivity contribution is 5.12. The van der Waals surface area contributed by atoms with E-state index in [-0.39, 0.29) is 0 Å². The summed E-state index contributed by atoms with van der Waals surface area (Å²) < 4.78 is 0. The van der Waals surface area contributed by atoms with Crippen LogP contribution in [0.4, 0.5) is 0 Å². The first-order valence-electron chi connectivity index (χ1n) is 3.54. The molecule has 0 aliphatic heterocycles. The Labute approximate surface area is 50.6 Å². The van der Waals surface area contributed by atoms with Crippen molar-refractivity contribution in [2.75, 3.05) is 0 Å². The van der Waals surface area contributed by atoms with E-state index in [4.69, 9.17) is 0 Å². The molecule has 0 saturated heterocycles. The Balaban J connectivity index is 2.22. The van der Waals surface area contributed by atoms with Crippen LogP contribution in [0.25, 0.3) is 0 Å². The van der Waals surface area contributed by atoms with Crippen molar-refractivity contribution in [1.82, 2.24) is 0 Å². The van der Waals surface area contributed by atoms with Crippen LogP contribution in [-0.2, 0) is 0 Å². The minimum atomic E-state index is 0.944. The molecule has 2 fully saturated rings. The van der Waals surface area contributed by atoms with Crippen molar-refractivity contribution in [2.45, 2.75) is 25.7 Å². The van der Waals surface area contributed by atoms with Gasteiger partial charge >= 0.3 is 0 Å². The highest BCUT2D eigenvalue weighted by Crippen LogP contribution is 2.46. The highest BCUT2D eigenvalue weighted by Gasteiger charge is 2.33. The highest BCUT2D eigenvalue weighted by atomic mass is 14.4. The second kappa shape index (κ2) is 1.37. The molecule has 0 amide bonds. The van der Waals surface area contributed by atoms with Crippen LogP contribution in [-0.4, -0.2) is 0 Å². The Kier molecular flexibility index (Phi) is 0.787. The summed E-state index contributed by atoms with van der Waals surface area (Å²) in [4.78, 5) is 0. The molecule has 0 heterocycles. The molecule has 2 aliphatic carbocycles. The summed E-state index contributed by atoms with van der Waals surface area (Å²) >= 11 is 0. The molecule has 2 rings (SSSR count). The third-order valence-corrected chi connectivity index (χ3v) is 2.67. The molecule has 0 aromatic heterocycles. The topological polar surface area (TPSA) is 0 Å². The molecule has 44 valence electrons. The third kappa shape index (κ3) is 0.460. The Morgan fingerprint density at radius 3 is 2.50 bits per heavy atom. The number of hydrogen-bond acceptors (Lipinski definition) is 0. The van der Waals surface area contributed by atoms with Crippen LogP contribution in [0, 0.1) is 11.8 Å². The number of allylic oxidation sites excluding steroid dienone is 1. The lowest BCUT2D eigenvalue weighted by Crippen LogP contribution is -1.95. The third-order valence-electron chi connectivity index (χ3n) is 2.67. The van der Waals surface area contributed by atoms with Gasteiger partial charge < -0.3 is 0 Å². The zero-order chi connectivity index (χ0) is 5.56. The first-order chi connectivity index (χ1) is 3.86. The SMILES string of the molecule is C=C1C[C@@H]2CC[C@H]1C2. The summed E-state index contributed by atoms with van der Waals surface area (Å²) in [6.45, 7) is 4.04. The molecule has 0 aromatic carbocycles. The summed E-state index contributed by atoms with van der Waals surface area (Å²) in [6, 6.07) is 0. The molecule has 2 bridgehead atoms. The van der Waals surface area contributed by atoms with Crippen LogP contribution in [0.3, 0.4) is 0 Å². The molecule has 2 saturated carbocycles. The second-order valence-electron chi connectivity index (χ2n) is 3.24. The van der Waals surface area contributed by atoms with Crippen molar-refractivity contribution in [2.24, 2.45) is 11.8 Å². The fourth-order valence-corrected chi connectivity index (χ4v) is 2.17. The standard InChI is InChI=1S/C8H12/c1-6-4-7-2-3-8(6)5-7/h7-8H,1-5H2/t7-,8-/m0/s1. The van der Waals surface area contributed by atoms with Gasteiger partial charge in [0.15, 0.2) is 0 Å². The maximum atomic E-state index is 4.04. The molecular weight excluding hydrogens is 96.1 g/mol. The first kappa shape index (κ1) is 4.60. The van der Waals surface area contributed by atoms with Gasteiger partial charge in [-0.1, -0.05) is 12.2 Å². The quantitative estimate of drug-likeness (QED) is 0.418. The Bertz CT molecular complexity index is 124. The Hall–Kier alpha value is -0.260. The lowest BCUT2D eigenvalue weighted by Gasteiger charge is -2.09. The summed E-state index contributed by atoms with van der Waals surface area (Å²) in [5.41, 5.74) is 1.54. The minimum absolute atomic E-state index is 0.944. The van der Waals surface area contributed by atoms with E-state index in [2.05, 4.69) is 6.58 Å². The van der Waals surface area contributed by atoms with Gasteiger partial charge in [0.2, 0.25) is 0 Å². The van der Waals surface area contributed by atoms with Crippen LogP contribution in [0.1, 0.15) is 25.7 Å². The fourth-order valence-electron chi connectivity index (χ4n) is 2.17. The van der Waals surface area contributed by atoms with Gasteiger partial charge in [0.1, 0.15) is 0 Å². The van der Waals surface area contributed by atoms with Gasteiger partial charge in [-0.15, -0.1) is 0 Å². The maximum Gasteiger partial charge on any atom is -0.0203 e. The maximum absolute atomic E-state index is 4.04. The van der Waals surface area contributed by atoms with Crippen LogP contribution < -0.4 is 0 Å². The van der Waals surface area contributed by atoms with Crippen molar-refractivity contribution < 1.29 is 0 Å². The Morgan fingerprint density at radius 2 is 2.25 bits per heavy atom. The fraction of sp³-hybridized carbons (Fsp3) is 0.750. The zero-order valence-electron chi connectivity index (χ0n) is 5.19. The van der Waals surface area contributed by atoms with Crippen LogP contribution in [0.2, 0.25) is 0 Å². The largest absolute Gasteiger partial charge is 0.0996 e. The van der Waals surface area contributed by atoms with Gasteiger partial charge in [-0.2, -0.15) is 0 Å². The molecule has 0 aromatic rings. The van der Waals surface area contributed by atoms with E-state index < -0.39 is 0 Å². The van der Waals surface area contributed by atoms with E-state index in [1.165, 1.54) is 25.7 Å². The summed E-state index contributed by atoms with van der Waals surface area (Å²) in [7, 11) is 0. The Morgan fingerprint density at radius 1 is 1.38 bits per heavy atom. The van der Waals surface area contributed by atoms with Crippen molar-refractivity contribution in [1.29, 1.82) is 0 Å². The average molecular weight is 108 g/mol. The van der Waals surface area contributed by atoms with Crippen LogP contribution in [0.5, 0.6) is 0 Å². The second-order valence-corrected chi connectivity index (χ2v) is 3.24. The van der Waals surface area contributed by atoms with Crippen molar-refractivity contribution in [3.05, 3.63) is 12.2 Å². The predicted octanol–water partition coefficient (Wildman–Crippen LogP) is 2.36. The number of rotatable bonds is 0. The molecular formula is C8H12. The molecule has 0 radical (unpaired) electrons. The average Bonchev–Trinajstić information content (AvgIpc) is 2.23. The molecule has 0 nitrogen and oxygen atoms in total. The van der Waals surface area contributed by atoms with Crippen LogP contribution in [0.15, 0.2) is 12.2 Å². The molecule has 2 atom stereocenters. The summed E-state index contributed by atoms with van der Waals surface area (Å²) in [5.74, 6) is 1.99. The van der Waals surface area contributed by atoms with E-state index in [0.717, 1.165) is 11.8 Å². The van der Waals surface area contributed by atoms with E-state index in [0.29, 0.717) is 0 Å². The molecule has 8 heavy (non-hydrogen) atoms. The summed E-state index contributed by atoms with van der Waals surface area (Å²) in [5, 5.41) is 0. The monoisotopic (exact) mass is 108 g/mol. The van der Waals surface area contributed by atoms with Gasteiger partial charge in [0.25, 0.3) is 0 Å². The molecule has 2 aliphatic rings. The lowest BCUT2D eigenvalue weighted by molar-refractivity contribution is 0.562. The van der Waals surface area contributed by atoms with Crippen LogP contribution >= 0.6 is 0 Å². The first-order valence-corrected chi connectivity index (χ1v) is 3.54. The van der Waals surface area contributed by atoms with Gasteiger partial charge in [0, 0.05) is 0 Å². The van der Waals surface area contributed by atoms with E-state index in [1.54, 1.807) is 5.57 Å². The smallest absolute Gasteiger partial charge is 0.0203 e. The normalized spacial score (nSPS) is 43.8. The molecule has 0 N–H and O–H groups in total. The van der Waals surface area contributed by atoms with Gasteiger partial charge in [0.05, 0.1) is 0 Å². The minimum Gasteiger partial charge on any atom is -0.0996 e. The van der Waals surface area contributed by atoms with Crippen molar-refractivity contribution in [3.8, 4) is 0 Å². The predicted molar refractivity (Wildman–Crippen MR) is 34.6 cm³/mol. The molecule has 0 heteroatoms. The van der Waals surface area contributed by atoms with E-state index >= 15 is 0 Å².